The minimum Gasteiger partial charge on any atom is -0.322 e. The predicted molar refractivity (Wildman–Crippen MR) is 131 cm³/mol. The molecule has 37 heavy (non-hydrogen) atoms. The number of aromatic nitrogens is 7. The predicted octanol–water partition coefficient (Wildman–Crippen LogP) is 5.31. The number of hydrogen-bond acceptors (Lipinski definition) is 7. The molecular formula is C22H17ClF3N9OS. The average molecular weight is 548 g/mol. The number of aryl methyl sites for hydroxylation is 2. The Morgan fingerprint density at radius 2 is 1.92 bits per heavy atom. The molecule has 0 aliphatic carbocycles. The Labute approximate surface area is 216 Å². The van der Waals surface area contributed by atoms with E-state index in [9.17, 15) is 18.0 Å². The zero-order valence-electron chi connectivity index (χ0n) is 19.1. The highest BCUT2D eigenvalue weighted by Crippen LogP contribution is 2.35. The molecule has 15 heteroatoms. The molecule has 4 aromatic heterocycles. The number of nitrogens with one attached hydrogen (secondary N) is 3. The lowest BCUT2D eigenvalue weighted by atomic mass is 10.2. The van der Waals surface area contributed by atoms with E-state index < -0.39 is 28.5 Å². The first-order valence-corrected chi connectivity index (χ1v) is 11.8. The molecular weight excluding hydrogens is 531 g/mol. The molecule has 3 N–H and O–H groups in total. The highest BCUT2D eigenvalue weighted by molar-refractivity contribution is 7.99. The number of H-pyrrole nitrogens is 1. The number of alkyl halides is 3. The van der Waals surface area contributed by atoms with Crippen molar-refractivity contribution in [3.63, 3.8) is 0 Å². The van der Waals surface area contributed by atoms with Crippen molar-refractivity contribution < 1.29 is 18.0 Å². The van der Waals surface area contributed by atoms with Crippen LogP contribution in [0.5, 0.6) is 0 Å². The van der Waals surface area contributed by atoms with Gasteiger partial charge in [-0.05, 0) is 55.1 Å². The van der Waals surface area contributed by atoms with Crippen LogP contribution in [-0.4, -0.2) is 40.5 Å². The molecule has 0 unspecified atom stereocenters. The van der Waals surface area contributed by atoms with E-state index in [0.717, 1.165) is 20.8 Å². The Bertz CT molecular complexity index is 1610. The first-order valence-electron chi connectivity index (χ1n) is 10.6. The normalized spacial score (nSPS) is 11.7. The van der Waals surface area contributed by atoms with Gasteiger partial charge in [0.2, 0.25) is 5.16 Å². The number of hydrogen-bond donors (Lipinski definition) is 3. The fourth-order valence-electron chi connectivity index (χ4n) is 3.46. The lowest BCUT2D eigenvalue weighted by molar-refractivity contribution is -0.141. The monoisotopic (exact) mass is 547 g/mol. The highest BCUT2D eigenvalue weighted by Gasteiger charge is 2.41. The maximum atomic E-state index is 13.3. The van der Waals surface area contributed by atoms with E-state index in [1.54, 1.807) is 35.0 Å². The van der Waals surface area contributed by atoms with E-state index in [4.69, 9.17) is 11.6 Å². The molecule has 0 saturated carbocycles. The van der Waals surface area contributed by atoms with Crippen molar-refractivity contribution in [3.05, 3.63) is 70.8 Å². The van der Waals surface area contributed by atoms with Gasteiger partial charge in [-0.2, -0.15) is 23.4 Å². The third-order valence-electron chi connectivity index (χ3n) is 5.12. The maximum Gasteiger partial charge on any atom is 0.436 e. The fraction of sp³-hybridized carbons (Fsp3) is 0.136. The molecule has 0 spiro atoms. The minimum atomic E-state index is -4.83. The molecule has 1 aromatic carbocycles. The summed E-state index contributed by atoms with van der Waals surface area (Å²) >= 11 is 7.17. The van der Waals surface area contributed by atoms with Crippen LogP contribution in [0.2, 0.25) is 5.15 Å². The van der Waals surface area contributed by atoms with Crippen LogP contribution in [0.25, 0.3) is 5.52 Å². The summed E-state index contributed by atoms with van der Waals surface area (Å²) in [7, 11) is 1.23. The van der Waals surface area contributed by atoms with Crippen LogP contribution in [0, 0.1) is 6.92 Å². The van der Waals surface area contributed by atoms with Gasteiger partial charge in [-0.1, -0.05) is 11.6 Å². The van der Waals surface area contributed by atoms with Crippen LogP contribution in [0.15, 0.2) is 58.7 Å². The van der Waals surface area contributed by atoms with Gasteiger partial charge in [0.05, 0.1) is 0 Å². The van der Waals surface area contributed by atoms with Crippen molar-refractivity contribution in [2.24, 2.45) is 7.05 Å². The van der Waals surface area contributed by atoms with Crippen molar-refractivity contribution in [1.29, 1.82) is 0 Å². The standard InChI is InChI=1S/C22H17ClF3N9OS/c1-11-10-15(31-30-11)28-19-14-4-3-9-35(14)33-21(29-19)37-13-7-5-12(6-8-13)27-20(36)16-17(22(24,25)26)32-34(2)18(16)23/h3-10H,1-2H3,(H,27,36)(H2,28,29,30,31,33). The maximum absolute atomic E-state index is 13.3. The molecule has 0 fully saturated rings. The van der Waals surface area contributed by atoms with Crippen molar-refractivity contribution in [1.82, 2.24) is 34.6 Å². The SMILES string of the molecule is Cc1cc(Nc2nc(Sc3ccc(NC(=O)c4c(C(F)(F)F)nn(C)c4Cl)cc3)nn3cccc23)n[nH]1. The average Bonchev–Trinajstić information content (AvgIpc) is 3.54. The summed E-state index contributed by atoms with van der Waals surface area (Å²) < 4.78 is 42.4. The number of halogens is 4. The summed E-state index contributed by atoms with van der Waals surface area (Å²) in [5, 5.41) is 20.5. The third-order valence-corrected chi connectivity index (χ3v) is 6.42. The molecule has 4 heterocycles. The lowest BCUT2D eigenvalue weighted by Gasteiger charge is -2.09. The molecule has 5 rings (SSSR count). The molecule has 5 aromatic rings. The zero-order chi connectivity index (χ0) is 26.3. The number of carbonyl (C=O) groups is 1. The van der Waals surface area contributed by atoms with Gasteiger partial charge in [0.1, 0.15) is 16.2 Å². The van der Waals surface area contributed by atoms with Crippen molar-refractivity contribution in [3.8, 4) is 0 Å². The summed E-state index contributed by atoms with van der Waals surface area (Å²) in [5.74, 6) is 0.154. The van der Waals surface area contributed by atoms with Crippen molar-refractivity contribution in [2.45, 2.75) is 23.2 Å². The number of nitrogens with zero attached hydrogens (tertiary/aromatic N) is 6. The smallest absolute Gasteiger partial charge is 0.322 e. The van der Waals surface area contributed by atoms with E-state index in [2.05, 4.69) is 36.0 Å². The van der Waals surface area contributed by atoms with Gasteiger partial charge in [0, 0.05) is 35.6 Å². The van der Waals surface area contributed by atoms with Crippen molar-refractivity contribution in [2.75, 3.05) is 10.6 Å². The van der Waals surface area contributed by atoms with Crippen LogP contribution in [-0.2, 0) is 13.2 Å². The van der Waals surface area contributed by atoms with Gasteiger partial charge in [-0.15, -0.1) is 5.10 Å². The minimum absolute atomic E-state index is 0.278. The highest BCUT2D eigenvalue weighted by atomic mass is 35.5. The molecule has 1 amide bonds. The second-order valence-corrected chi connectivity index (χ2v) is 9.26. The van der Waals surface area contributed by atoms with E-state index >= 15 is 0 Å². The molecule has 0 bridgehead atoms. The van der Waals surface area contributed by atoms with E-state index in [1.165, 1.54) is 18.8 Å². The molecule has 0 aliphatic heterocycles. The Morgan fingerprint density at radius 3 is 2.59 bits per heavy atom. The number of fused-ring (bicyclic) bond motifs is 1. The molecule has 190 valence electrons. The Balaban J connectivity index is 1.34. The van der Waals surface area contributed by atoms with Crippen LogP contribution in [0.1, 0.15) is 21.7 Å². The third kappa shape index (κ3) is 5.11. The van der Waals surface area contributed by atoms with E-state index in [1.807, 2.05) is 25.1 Å². The van der Waals surface area contributed by atoms with Crippen LogP contribution in [0.3, 0.4) is 0 Å². The number of anilines is 3. The molecule has 0 aliphatic rings. The first kappa shape index (κ1) is 24.6. The number of benzene rings is 1. The van der Waals surface area contributed by atoms with Gasteiger partial charge in [-0.25, -0.2) is 9.50 Å². The second-order valence-electron chi connectivity index (χ2n) is 7.86. The number of carbonyl (C=O) groups excluding carboxylic acids is 1. The second kappa shape index (κ2) is 9.44. The first-order chi connectivity index (χ1) is 17.6. The van der Waals surface area contributed by atoms with Gasteiger partial charge in [0.25, 0.3) is 5.91 Å². The molecule has 0 radical (unpaired) electrons. The van der Waals surface area contributed by atoms with Crippen molar-refractivity contribution >= 4 is 52.1 Å². The largest absolute Gasteiger partial charge is 0.436 e. The summed E-state index contributed by atoms with van der Waals surface area (Å²) in [6.45, 7) is 1.89. The lowest BCUT2D eigenvalue weighted by Crippen LogP contribution is -2.18. The van der Waals surface area contributed by atoms with Crippen LogP contribution in [0.4, 0.5) is 30.5 Å². The number of rotatable bonds is 6. The van der Waals surface area contributed by atoms with E-state index in [-0.39, 0.29) is 5.69 Å². The summed E-state index contributed by atoms with van der Waals surface area (Å²) in [6.07, 6.45) is -3.04. The topological polar surface area (TPSA) is 118 Å². The summed E-state index contributed by atoms with van der Waals surface area (Å²) in [5.41, 5.74) is -0.159. The van der Waals surface area contributed by atoms with E-state index in [0.29, 0.717) is 16.8 Å². The number of aromatic amines is 1. The molecule has 10 nitrogen and oxygen atoms in total. The van der Waals surface area contributed by atoms with Gasteiger partial charge >= 0.3 is 6.18 Å². The van der Waals surface area contributed by atoms with Gasteiger partial charge < -0.3 is 10.6 Å². The van der Waals surface area contributed by atoms with Crippen LogP contribution >= 0.6 is 23.4 Å². The Kier molecular flexibility index (Phi) is 6.29. The molecule has 0 atom stereocenters. The van der Waals surface area contributed by atoms with Gasteiger partial charge in [-0.3, -0.25) is 14.6 Å². The Morgan fingerprint density at radius 1 is 1.16 bits per heavy atom. The number of amides is 1. The fourth-order valence-corrected chi connectivity index (χ4v) is 4.42. The van der Waals surface area contributed by atoms with Crippen LogP contribution < -0.4 is 10.6 Å². The quantitative estimate of drug-likeness (QED) is 0.263. The molecule has 0 saturated heterocycles. The van der Waals surface area contributed by atoms with Gasteiger partial charge in [0.15, 0.2) is 17.3 Å². The summed E-state index contributed by atoms with van der Waals surface area (Å²) in [4.78, 5) is 17.9. The Hall–Kier alpha value is -4.04. The summed E-state index contributed by atoms with van der Waals surface area (Å²) in [6, 6.07) is 12.0. The zero-order valence-corrected chi connectivity index (χ0v) is 20.7.